The molecule has 5 N–H and O–H groups in total. The van der Waals surface area contributed by atoms with Crippen molar-refractivity contribution in [1.82, 2.24) is 19.5 Å². The van der Waals surface area contributed by atoms with E-state index in [1.165, 1.54) is 10.9 Å². The second-order valence-electron chi connectivity index (χ2n) is 5.89. The van der Waals surface area contributed by atoms with E-state index in [0.717, 1.165) is 0 Å². The van der Waals surface area contributed by atoms with Crippen molar-refractivity contribution in [3.8, 4) is 0 Å². The number of aliphatic hydroxyl groups is 2. The van der Waals surface area contributed by atoms with E-state index >= 15 is 0 Å². The third kappa shape index (κ3) is 4.72. The minimum Gasteiger partial charge on any atom is -0.387 e. The van der Waals surface area contributed by atoms with Gasteiger partial charge in [-0.2, -0.15) is 4.98 Å². The van der Waals surface area contributed by atoms with Crippen LogP contribution in [0.2, 0.25) is 10.4 Å². The highest BCUT2D eigenvalue weighted by Crippen LogP contribution is 2.55. The number of fused-ring (bicyclic) bond motifs is 1. The van der Waals surface area contributed by atoms with E-state index in [1.54, 1.807) is 0 Å². The van der Waals surface area contributed by atoms with Gasteiger partial charge in [-0.15, -0.1) is 0 Å². The molecule has 1 unspecified atom stereocenters. The molecule has 3 heterocycles. The van der Waals surface area contributed by atoms with Crippen molar-refractivity contribution in [2.45, 2.75) is 24.5 Å². The standard InChI is InChI=1S/C11H14Cl2N4O9P2/c12-8-5-9(16-11(13)15-8)17(2-14-5)10-7(19)6(18)4(26-10)1-25-28(23,24)3-27(20,21)22/h2,4,6-7,10,18-19H,1,3H2,(H,23,24)(H2,20,21,22)/t4-,6-,7-,10-/m1/s1. The lowest BCUT2D eigenvalue weighted by Crippen LogP contribution is -2.33. The molecule has 0 aromatic carbocycles. The summed E-state index contributed by atoms with van der Waals surface area (Å²) in [4.78, 5) is 38.7. The van der Waals surface area contributed by atoms with Crippen LogP contribution in [0.1, 0.15) is 6.23 Å². The van der Waals surface area contributed by atoms with Crippen LogP contribution in [0.5, 0.6) is 0 Å². The van der Waals surface area contributed by atoms with Crippen molar-refractivity contribution in [3.63, 3.8) is 0 Å². The molecule has 0 radical (unpaired) electrons. The predicted octanol–water partition coefficient (Wildman–Crippen LogP) is 0.0895. The molecule has 3 rings (SSSR count). The SMILES string of the molecule is O=P(O)(O)CP(=O)(O)OC[C@H]1O[C@@H](n2cnc3c(Cl)nc(Cl)nc32)[C@H](O)[C@@H]1O. The number of rotatable bonds is 6. The second kappa shape index (κ2) is 7.86. The zero-order valence-electron chi connectivity index (χ0n) is 13.6. The Labute approximate surface area is 166 Å². The molecule has 13 nitrogen and oxygen atoms in total. The largest absolute Gasteiger partial charge is 0.387 e. The zero-order valence-corrected chi connectivity index (χ0v) is 16.9. The van der Waals surface area contributed by atoms with Gasteiger partial charge < -0.3 is 34.2 Å². The summed E-state index contributed by atoms with van der Waals surface area (Å²) in [5.41, 5.74) is 0.273. The van der Waals surface area contributed by atoms with Crippen LogP contribution in [0.15, 0.2) is 6.33 Å². The molecule has 17 heteroatoms. The molecule has 156 valence electrons. The first kappa shape index (κ1) is 22.0. The van der Waals surface area contributed by atoms with Gasteiger partial charge in [-0.05, 0) is 11.6 Å². The van der Waals surface area contributed by atoms with Crippen LogP contribution in [0.3, 0.4) is 0 Å². The second-order valence-corrected chi connectivity index (χ2v) is 10.6. The lowest BCUT2D eigenvalue weighted by atomic mass is 10.1. The maximum absolute atomic E-state index is 11.7. The zero-order chi connectivity index (χ0) is 20.9. The van der Waals surface area contributed by atoms with Crippen LogP contribution in [-0.2, 0) is 18.4 Å². The number of hydrogen-bond acceptors (Lipinski definition) is 9. The fraction of sp³-hybridized carbons (Fsp3) is 0.545. The highest BCUT2D eigenvalue weighted by molar-refractivity contribution is 7.70. The van der Waals surface area contributed by atoms with E-state index in [9.17, 15) is 24.2 Å². The third-order valence-electron chi connectivity index (χ3n) is 3.77. The Kier molecular flexibility index (Phi) is 6.18. The van der Waals surface area contributed by atoms with E-state index in [4.69, 9.17) is 37.7 Å². The lowest BCUT2D eigenvalue weighted by molar-refractivity contribution is -0.0483. The van der Waals surface area contributed by atoms with Crippen LogP contribution < -0.4 is 0 Å². The van der Waals surface area contributed by atoms with Crippen molar-refractivity contribution in [2.24, 2.45) is 0 Å². The Morgan fingerprint density at radius 2 is 1.86 bits per heavy atom. The van der Waals surface area contributed by atoms with Crippen LogP contribution in [-0.4, -0.2) is 75.2 Å². The van der Waals surface area contributed by atoms with Gasteiger partial charge in [-0.25, -0.2) is 9.97 Å². The fourth-order valence-corrected chi connectivity index (χ4v) is 5.59. The smallest absolute Gasteiger partial charge is 0.340 e. The van der Waals surface area contributed by atoms with Gasteiger partial charge in [0.05, 0.1) is 12.9 Å². The molecule has 2 aromatic rings. The monoisotopic (exact) mass is 478 g/mol. The van der Waals surface area contributed by atoms with Gasteiger partial charge in [-0.1, -0.05) is 11.6 Å². The number of hydrogen-bond donors (Lipinski definition) is 5. The maximum Gasteiger partial charge on any atom is 0.340 e. The Morgan fingerprint density at radius 1 is 1.18 bits per heavy atom. The summed E-state index contributed by atoms with van der Waals surface area (Å²) in [6.07, 6.45) is -4.36. The summed E-state index contributed by atoms with van der Waals surface area (Å²) in [7, 11) is -9.46. The summed E-state index contributed by atoms with van der Waals surface area (Å²) in [5, 5.41) is 20.2. The Hall–Kier alpha value is -0.690. The molecule has 0 bridgehead atoms. The summed E-state index contributed by atoms with van der Waals surface area (Å²) in [6, 6.07) is 0. The third-order valence-corrected chi connectivity index (χ3v) is 7.66. The highest BCUT2D eigenvalue weighted by atomic mass is 35.5. The first-order valence-electron chi connectivity index (χ1n) is 7.46. The highest BCUT2D eigenvalue weighted by Gasteiger charge is 2.45. The van der Waals surface area contributed by atoms with Crippen LogP contribution in [0.25, 0.3) is 11.2 Å². The normalized spacial score (nSPS) is 28.0. The van der Waals surface area contributed by atoms with Gasteiger partial charge in [0.2, 0.25) is 5.28 Å². The van der Waals surface area contributed by atoms with Crippen LogP contribution in [0, 0.1) is 0 Å². The van der Waals surface area contributed by atoms with Crippen LogP contribution in [0.4, 0.5) is 0 Å². The Bertz CT molecular complexity index is 984. The molecule has 5 atom stereocenters. The fourth-order valence-electron chi connectivity index (χ4n) is 2.60. The van der Waals surface area contributed by atoms with Gasteiger partial charge in [0.25, 0.3) is 0 Å². The molecule has 0 saturated carbocycles. The van der Waals surface area contributed by atoms with Crippen LogP contribution >= 0.6 is 38.4 Å². The number of aromatic nitrogens is 4. The Morgan fingerprint density at radius 3 is 2.50 bits per heavy atom. The van der Waals surface area contributed by atoms with Gasteiger partial charge >= 0.3 is 15.2 Å². The van der Waals surface area contributed by atoms with E-state index in [2.05, 4.69) is 19.5 Å². The summed E-state index contributed by atoms with van der Waals surface area (Å²) >= 11 is 11.7. The lowest BCUT2D eigenvalue weighted by Gasteiger charge is -2.18. The number of aliphatic hydroxyl groups excluding tert-OH is 2. The topological polar surface area (TPSA) is 197 Å². The predicted molar refractivity (Wildman–Crippen MR) is 94.0 cm³/mol. The van der Waals surface area contributed by atoms with Gasteiger partial charge in [0, 0.05) is 0 Å². The molecule has 0 amide bonds. The molecule has 1 aliphatic heterocycles. The van der Waals surface area contributed by atoms with Crippen molar-refractivity contribution >= 4 is 49.6 Å². The molecular weight excluding hydrogens is 465 g/mol. The van der Waals surface area contributed by atoms with E-state index in [-0.39, 0.29) is 21.6 Å². The molecule has 0 spiro atoms. The minimum absolute atomic E-state index is 0.0414. The summed E-state index contributed by atoms with van der Waals surface area (Å²) in [6.45, 7) is -0.717. The molecule has 1 fully saturated rings. The number of ether oxygens (including phenoxy) is 1. The first-order valence-corrected chi connectivity index (χ1v) is 11.8. The average molecular weight is 479 g/mol. The molecule has 2 aromatic heterocycles. The van der Waals surface area contributed by atoms with Crippen molar-refractivity contribution in [1.29, 1.82) is 0 Å². The molecule has 1 saturated heterocycles. The first-order chi connectivity index (χ1) is 12.9. The van der Waals surface area contributed by atoms with E-state index in [1.807, 2.05) is 0 Å². The Balaban J connectivity index is 1.78. The van der Waals surface area contributed by atoms with Crippen molar-refractivity contribution in [3.05, 3.63) is 16.8 Å². The molecule has 28 heavy (non-hydrogen) atoms. The summed E-state index contributed by atoms with van der Waals surface area (Å²) in [5.74, 6) is -1.39. The maximum atomic E-state index is 11.7. The number of halogens is 2. The molecule has 1 aliphatic rings. The molecule has 0 aliphatic carbocycles. The summed E-state index contributed by atoms with van der Waals surface area (Å²) < 4.78 is 33.9. The van der Waals surface area contributed by atoms with Gasteiger partial charge in [0.1, 0.15) is 23.8 Å². The molecular formula is C11H14Cl2N4O9P2. The minimum atomic E-state index is -4.81. The average Bonchev–Trinajstić information content (AvgIpc) is 3.06. The van der Waals surface area contributed by atoms with Gasteiger partial charge in [0.15, 0.2) is 22.9 Å². The van der Waals surface area contributed by atoms with E-state index in [0.29, 0.717) is 0 Å². The quantitative estimate of drug-likeness (QED) is 0.213. The van der Waals surface area contributed by atoms with Crippen molar-refractivity contribution in [2.75, 3.05) is 12.5 Å². The van der Waals surface area contributed by atoms with Gasteiger partial charge in [-0.3, -0.25) is 13.7 Å². The van der Waals surface area contributed by atoms with Crippen molar-refractivity contribution < 1.29 is 43.3 Å². The number of imidazole rings is 1. The number of nitrogens with zero attached hydrogens (tertiary/aromatic N) is 4. The van der Waals surface area contributed by atoms with E-state index < -0.39 is 52.2 Å².